The first kappa shape index (κ1) is 11.3. The predicted octanol–water partition coefficient (Wildman–Crippen LogP) is 0.163. The first-order chi connectivity index (χ1) is 7.09. The van der Waals surface area contributed by atoms with Crippen LogP contribution in [0.1, 0.15) is 10.6 Å². The summed E-state index contributed by atoms with van der Waals surface area (Å²) in [5.41, 5.74) is 5.03. The number of imide groups is 1. The first-order valence-corrected chi connectivity index (χ1v) is 4.92. The van der Waals surface area contributed by atoms with Gasteiger partial charge in [-0.3, -0.25) is 20.3 Å². The van der Waals surface area contributed by atoms with E-state index in [4.69, 9.17) is 15.6 Å². The van der Waals surface area contributed by atoms with E-state index in [1.165, 1.54) is 12.3 Å². The minimum atomic E-state index is -0.603. The smallest absolute Gasteiger partial charge is 0.293 e. The molecule has 0 radical (unpaired) electrons. The standard InChI is InChI=1S/C8H9N3O3S/c9-8(10)15-4-6(12)11-7(13)5-2-1-3-14-5/h1-3H,4H2,(H3,9,10)(H,11,12,13). The summed E-state index contributed by atoms with van der Waals surface area (Å²) >= 11 is 0.845. The van der Waals surface area contributed by atoms with Gasteiger partial charge in [0.15, 0.2) is 10.9 Å². The number of carbonyl (C=O) groups is 2. The molecule has 0 bridgehead atoms. The Morgan fingerprint density at radius 2 is 2.33 bits per heavy atom. The van der Waals surface area contributed by atoms with Crippen molar-refractivity contribution in [2.75, 3.05) is 5.75 Å². The third-order valence-corrected chi connectivity index (χ3v) is 2.07. The molecular formula is C8H9N3O3S. The molecule has 0 aliphatic rings. The molecule has 0 saturated carbocycles. The van der Waals surface area contributed by atoms with Crippen molar-refractivity contribution in [1.29, 1.82) is 5.41 Å². The van der Waals surface area contributed by atoms with Crippen LogP contribution < -0.4 is 11.1 Å². The normalized spacial score (nSPS) is 9.60. The summed E-state index contributed by atoms with van der Waals surface area (Å²) < 4.78 is 4.78. The molecular weight excluding hydrogens is 218 g/mol. The van der Waals surface area contributed by atoms with Gasteiger partial charge >= 0.3 is 0 Å². The lowest BCUT2D eigenvalue weighted by atomic mass is 10.4. The van der Waals surface area contributed by atoms with E-state index in [0.717, 1.165) is 11.8 Å². The SMILES string of the molecule is N=C(N)SCC(=O)NC(=O)c1ccco1. The van der Waals surface area contributed by atoms with Crippen molar-refractivity contribution < 1.29 is 14.0 Å². The summed E-state index contributed by atoms with van der Waals surface area (Å²) in [6.07, 6.45) is 1.34. The van der Waals surface area contributed by atoms with Crippen LogP contribution in [-0.2, 0) is 4.79 Å². The van der Waals surface area contributed by atoms with Crippen LogP contribution in [0.5, 0.6) is 0 Å². The van der Waals surface area contributed by atoms with E-state index in [9.17, 15) is 9.59 Å². The average molecular weight is 227 g/mol. The molecule has 0 fully saturated rings. The van der Waals surface area contributed by atoms with Crippen molar-refractivity contribution in [1.82, 2.24) is 5.32 Å². The Hall–Kier alpha value is -1.76. The summed E-state index contributed by atoms with van der Waals surface area (Å²) in [4.78, 5) is 22.3. The zero-order valence-corrected chi connectivity index (χ0v) is 8.47. The number of rotatable bonds is 3. The highest BCUT2D eigenvalue weighted by Crippen LogP contribution is 2.00. The van der Waals surface area contributed by atoms with Gasteiger partial charge in [0.2, 0.25) is 5.91 Å². The largest absolute Gasteiger partial charge is 0.459 e. The van der Waals surface area contributed by atoms with E-state index >= 15 is 0 Å². The highest BCUT2D eigenvalue weighted by atomic mass is 32.2. The molecule has 6 nitrogen and oxygen atoms in total. The van der Waals surface area contributed by atoms with Gasteiger partial charge in [-0.1, -0.05) is 11.8 Å². The zero-order valence-electron chi connectivity index (χ0n) is 7.65. The van der Waals surface area contributed by atoms with Crippen molar-refractivity contribution in [3.05, 3.63) is 24.2 Å². The summed E-state index contributed by atoms with van der Waals surface area (Å²) in [5.74, 6) is -1.12. The number of nitrogens with one attached hydrogen (secondary N) is 2. The Morgan fingerprint density at radius 1 is 1.60 bits per heavy atom. The van der Waals surface area contributed by atoms with E-state index in [-0.39, 0.29) is 16.7 Å². The number of hydrogen-bond donors (Lipinski definition) is 3. The summed E-state index contributed by atoms with van der Waals surface area (Å²) in [6, 6.07) is 2.99. The molecule has 1 aromatic rings. The molecule has 0 unspecified atom stereocenters. The third-order valence-electron chi connectivity index (χ3n) is 1.36. The van der Waals surface area contributed by atoms with Crippen molar-refractivity contribution in [2.45, 2.75) is 0 Å². The Labute approximate surface area is 89.7 Å². The van der Waals surface area contributed by atoms with Gasteiger partial charge in [0.1, 0.15) is 0 Å². The molecule has 0 saturated heterocycles. The summed E-state index contributed by atoms with van der Waals surface area (Å²) in [5, 5.41) is 8.79. The second-order valence-electron chi connectivity index (χ2n) is 2.51. The van der Waals surface area contributed by atoms with Crippen LogP contribution in [0.25, 0.3) is 0 Å². The number of thioether (sulfide) groups is 1. The predicted molar refractivity (Wildman–Crippen MR) is 55.6 cm³/mol. The maximum absolute atomic E-state index is 11.2. The number of amides is 2. The molecule has 0 spiro atoms. The molecule has 1 heterocycles. The number of hydrogen-bond acceptors (Lipinski definition) is 5. The van der Waals surface area contributed by atoms with Gasteiger partial charge in [-0.15, -0.1) is 0 Å². The van der Waals surface area contributed by atoms with Gasteiger partial charge in [-0.2, -0.15) is 0 Å². The lowest BCUT2D eigenvalue weighted by Gasteiger charge is -2.00. The summed E-state index contributed by atoms with van der Waals surface area (Å²) in [7, 11) is 0. The molecule has 0 aromatic carbocycles. The van der Waals surface area contributed by atoms with E-state index < -0.39 is 11.8 Å². The number of nitrogens with two attached hydrogens (primary N) is 1. The van der Waals surface area contributed by atoms with Crippen LogP contribution in [0.15, 0.2) is 22.8 Å². The molecule has 4 N–H and O–H groups in total. The van der Waals surface area contributed by atoms with E-state index in [2.05, 4.69) is 5.32 Å². The topological polar surface area (TPSA) is 109 Å². The van der Waals surface area contributed by atoms with Crippen molar-refractivity contribution in [3.8, 4) is 0 Å². The lowest BCUT2D eigenvalue weighted by molar-refractivity contribution is -0.117. The molecule has 1 aromatic heterocycles. The quantitative estimate of drug-likeness (QED) is 0.503. The first-order valence-electron chi connectivity index (χ1n) is 3.94. The minimum absolute atomic E-state index is 0.0659. The van der Waals surface area contributed by atoms with Crippen LogP contribution >= 0.6 is 11.8 Å². The molecule has 0 atom stereocenters. The van der Waals surface area contributed by atoms with Crippen LogP contribution in [0.2, 0.25) is 0 Å². The Bertz CT molecular complexity index is 374. The van der Waals surface area contributed by atoms with E-state index in [1.807, 2.05) is 0 Å². The fourth-order valence-electron chi connectivity index (χ4n) is 0.775. The Kier molecular flexibility index (Phi) is 3.92. The fraction of sp³-hybridized carbons (Fsp3) is 0.125. The van der Waals surface area contributed by atoms with Crippen LogP contribution in [0.4, 0.5) is 0 Å². The van der Waals surface area contributed by atoms with Gasteiger partial charge in [0.05, 0.1) is 12.0 Å². The highest BCUT2D eigenvalue weighted by Gasteiger charge is 2.12. The maximum atomic E-state index is 11.2. The van der Waals surface area contributed by atoms with Gasteiger partial charge in [-0.05, 0) is 12.1 Å². The van der Waals surface area contributed by atoms with Crippen LogP contribution in [0, 0.1) is 5.41 Å². The number of furan rings is 1. The van der Waals surface area contributed by atoms with Crippen LogP contribution in [-0.4, -0.2) is 22.7 Å². The molecule has 15 heavy (non-hydrogen) atoms. The van der Waals surface area contributed by atoms with Gasteiger partial charge < -0.3 is 10.2 Å². The van der Waals surface area contributed by atoms with Crippen molar-refractivity contribution in [2.24, 2.45) is 5.73 Å². The average Bonchev–Trinajstić information content (AvgIpc) is 2.67. The maximum Gasteiger partial charge on any atom is 0.293 e. The second-order valence-corrected chi connectivity index (χ2v) is 3.52. The van der Waals surface area contributed by atoms with Crippen LogP contribution in [0.3, 0.4) is 0 Å². The third kappa shape index (κ3) is 3.86. The Balaban J connectivity index is 2.39. The molecule has 0 aliphatic carbocycles. The van der Waals surface area contributed by atoms with E-state index in [0.29, 0.717) is 0 Å². The van der Waals surface area contributed by atoms with Gasteiger partial charge in [-0.25, -0.2) is 0 Å². The minimum Gasteiger partial charge on any atom is -0.459 e. The molecule has 80 valence electrons. The zero-order chi connectivity index (χ0) is 11.3. The second kappa shape index (κ2) is 5.20. The molecule has 7 heteroatoms. The number of carbonyl (C=O) groups excluding carboxylic acids is 2. The monoisotopic (exact) mass is 227 g/mol. The molecule has 1 rings (SSSR count). The van der Waals surface area contributed by atoms with Gasteiger partial charge in [0.25, 0.3) is 5.91 Å². The highest BCUT2D eigenvalue weighted by molar-refractivity contribution is 8.14. The molecule has 2 amide bonds. The van der Waals surface area contributed by atoms with Crippen molar-refractivity contribution >= 4 is 28.7 Å². The van der Waals surface area contributed by atoms with Crippen molar-refractivity contribution in [3.63, 3.8) is 0 Å². The lowest BCUT2D eigenvalue weighted by Crippen LogP contribution is -2.32. The summed E-state index contributed by atoms with van der Waals surface area (Å²) in [6.45, 7) is 0. The van der Waals surface area contributed by atoms with E-state index in [1.54, 1.807) is 6.07 Å². The van der Waals surface area contributed by atoms with Gasteiger partial charge in [0, 0.05) is 0 Å². The fourth-order valence-corrected chi connectivity index (χ4v) is 1.13. The Morgan fingerprint density at radius 3 is 2.87 bits per heavy atom. The number of amidine groups is 1. The molecule has 0 aliphatic heterocycles.